The second-order valence-corrected chi connectivity index (χ2v) is 4.58. The van der Waals surface area contributed by atoms with Gasteiger partial charge in [-0.25, -0.2) is 9.59 Å². The number of carbonyl (C=O) groups excluding carboxylic acids is 2. The molecule has 0 aromatic rings. The number of ether oxygens (including phenoxy) is 1. The van der Waals surface area contributed by atoms with Crippen LogP contribution in [0.25, 0.3) is 0 Å². The molecule has 0 radical (unpaired) electrons. The minimum atomic E-state index is -0.470. The van der Waals surface area contributed by atoms with Crippen LogP contribution >= 0.6 is 31.9 Å². The highest BCUT2D eigenvalue weighted by molar-refractivity contribution is 9.09. The van der Waals surface area contributed by atoms with E-state index < -0.39 is 11.9 Å². The number of hydrogen-bond donors (Lipinski definition) is 0. The number of alkyl halides is 2. The van der Waals surface area contributed by atoms with Gasteiger partial charge in [0.15, 0.2) is 0 Å². The summed E-state index contributed by atoms with van der Waals surface area (Å²) < 4.78 is 4.58. The van der Waals surface area contributed by atoms with Crippen LogP contribution in [0, 0.1) is 0 Å². The smallest absolute Gasteiger partial charge is 0.342 e. The average Bonchev–Trinajstić information content (AvgIpc) is 2.52. The average molecular weight is 336 g/mol. The van der Waals surface area contributed by atoms with Crippen LogP contribution in [0.1, 0.15) is 12.8 Å². The molecule has 2 rings (SSSR count). The minimum absolute atomic E-state index is 0.470. The molecule has 15 heavy (non-hydrogen) atoms. The Kier molecular flexibility index (Phi) is 3.11. The first-order valence-electron chi connectivity index (χ1n) is 4.47. The summed E-state index contributed by atoms with van der Waals surface area (Å²) in [6.07, 6.45) is 1.07. The van der Waals surface area contributed by atoms with Gasteiger partial charge in [0.25, 0.3) is 0 Å². The van der Waals surface area contributed by atoms with Crippen molar-refractivity contribution >= 4 is 43.8 Å². The molecule has 1 aliphatic heterocycles. The Morgan fingerprint density at radius 1 is 0.933 bits per heavy atom. The van der Waals surface area contributed by atoms with Crippen LogP contribution in [0.4, 0.5) is 0 Å². The van der Waals surface area contributed by atoms with Gasteiger partial charge in [0.1, 0.15) is 0 Å². The number of rotatable bonds is 2. The van der Waals surface area contributed by atoms with Gasteiger partial charge in [-0.15, -0.1) is 0 Å². The van der Waals surface area contributed by atoms with Crippen LogP contribution in [0.15, 0.2) is 22.3 Å². The SMILES string of the molecule is O=C1OC(=O)C2=C1CC(CBr)=C(CBr)C2. The van der Waals surface area contributed by atoms with Crippen molar-refractivity contribution in [2.45, 2.75) is 12.8 Å². The largest absolute Gasteiger partial charge is 0.386 e. The molecule has 1 heterocycles. The third-order valence-corrected chi connectivity index (χ3v) is 4.00. The molecule has 80 valence electrons. The summed E-state index contributed by atoms with van der Waals surface area (Å²) in [5, 5.41) is 1.46. The number of allylic oxidation sites excluding steroid dienone is 2. The summed E-state index contributed by atoms with van der Waals surface area (Å²) in [4.78, 5) is 22.6. The van der Waals surface area contributed by atoms with E-state index in [-0.39, 0.29) is 0 Å². The lowest BCUT2D eigenvalue weighted by atomic mass is 9.88. The first-order chi connectivity index (χ1) is 7.17. The summed E-state index contributed by atoms with van der Waals surface area (Å²) in [5.41, 5.74) is 3.41. The first-order valence-corrected chi connectivity index (χ1v) is 6.72. The number of carbonyl (C=O) groups is 2. The molecule has 0 fully saturated rings. The molecule has 0 saturated heterocycles. The van der Waals surface area contributed by atoms with E-state index in [0.717, 1.165) is 21.8 Å². The second-order valence-electron chi connectivity index (χ2n) is 3.46. The Morgan fingerprint density at radius 2 is 1.33 bits per heavy atom. The second kappa shape index (κ2) is 4.22. The molecule has 0 unspecified atom stereocenters. The van der Waals surface area contributed by atoms with Crippen molar-refractivity contribution in [1.82, 2.24) is 0 Å². The molecule has 0 atom stereocenters. The van der Waals surface area contributed by atoms with E-state index in [1.54, 1.807) is 0 Å². The Bertz CT molecular complexity index is 371. The summed E-state index contributed by atoms with van der Waals surface area (Å²) in [7, 11) is 0. The summed E-state index contributed by atoms with van der Waals surface area (Å²) in [6, 6.07) is 0. The van der Waals surface area contributed by atoms with Crippen LogP contribution in [0.2, 0.25) is 0 Å². The Labute approximate surface area is 104 Å². The minimum Gasteiger partial charge on any atom is -0.386 e. The molecule has 2 aliphatic rings. The summed E-state index contributed by atoms with van der Waals surface area (Å²) in [5.74, 6) is -0.941. The highest BCUT2D eigenvalue weighted by Gasteiger charge is 2.36. The fourth-order valence-corrected chi connectivity index (χ4v) is 2.96. The van der Waals surface area contributed by atoms with Crippen molar-refractivity contribution in [2.75, 3.05) is 10.7 Å². The van der Waals surface area contributed by atoms with Crippen LogP contribution in [0.3, 0.4) is 0 Å². The molecule has 0 aromatic heterocycles. The van der Waals surface area contributed by atoms with E-state index in [2.05, 4.69) is 36.6 Å². The molecule has 0 aromatic carbocycles. The van der Waals surface area contributed by atoms with Crippen LogP contribution in [-0.2, 0) is 14.3 Å². The molecule has 0 bridgehead atoms. The lowest BCUT2D eigenvalue weighted by Crippen LogP contribution is -2.09. The van der Waals surface area contributed by atoms with Gasteiger partial charge in [0.05, 0.1) is 11.1 Å². The quantitative estimate of drug-likeness (QED) is 0.336. The van der Waals surface area contributed by atoms with Crippen LogP contribution in [0.5, 0.6) is 0 Å². The zero-order chi connectivity index (χ0) is 11.0. The predicted molar refractivity (Wildman–Crippen MR) is 62.0 cm³/mol. The maximum atomic E-state index is 11.3. The molecule has 1 aliphatic carbocycles. The van der Waals surface area contributed by atoms with Gasteiger partial charge in [-0.3, -0.25) is 0 Å². The topological polar surface area (TPSA) is 43.4 Å². The number of halogens is 2. The number of esters is 2. The van der Waals surface area contributed by atoms with Gasteiger partial charge in [0, 0.05) is 23.5 Å². The third kappa shape index (κ3) is 1.83. The van der Waals surface area contributed by atoms with E-state index in [1.807, 2.05) is 0 Å². The van der Waals surface area contributed by atoms with E-state index >= 15 is 0 Å². The molecule has 5 heteroatoms. The lowest BCUT2D eigenvalue weighted by Gasteiger charge is -2.16. The first kappa shape index (κ1) is 11.1. The highest BCUT2D eigenvalue weighted by atomic mass is 79.9. The maximum Gasteiger partial charge on any atom is 0.342 e. The Morgan fingerprint density at radius 3 is 1.67 bits per heavy atom. The molecule has 3 nitrogen and oxygen atoms in total. The van der Waals surface area contributed by atoms with Crippen molar-refractivity contribution in [3.05, 3.63) is 22.3 Å². The van der Waals surface area contributed by atoms with Gasteiger partial charge in [-0.05, 0) is 0 Å². The van der Waals surface area contributed by atoms with E-state index in [9.17, 15) is 9.59 Å². The molecular weight excluding hydrogens is 328 g/mol. The van der Waals surface area contributed by atoms with Gasteiger partial charge in [0.2, 0.25) is 0 Å². The lowest BCUT2D eigenvalue weighted by molar-refractivity contribution is -0.151. The number of cyclic esters (lactones) is 2. The van der Waals surface area contributed by atoms with E-state index in [0.29, 0.717) is 24.0 Å². The van der Waals surface area contributed by atoms with Gasteiger partial charge in [-0.1, -0.05) is 43.0 Å². The summed E-state index contributed by atoms with van der Waals surface area (Å²) >= 11 is 6.77. The number of hydrogen-bond acceptors (Lipinski definition) is 3. The van der Waals surface area contributed by atoms with Crippen molar-refractivity contribution < 1.29 is 14.3 Å². The fraction of sp³-hybridized carbons (Fsp3) is 0.400. The summed E-state index contributed by atoms with van der Waals surface area (Å²) in [6.45, 7) is 0. The standard InChI is InChI=1S/C10H8Br2O3/c11-3-5-1-7-8(2-6(5)4-12)10(14)15-9(7)13/h1-4H2. The van der Waals surface area contributed by atoms with Crippen LogP contribution in [-0.4, -0.2) is 22.6 Å². The molecule has 0 spiro atoms. The zero-order valence-corrected chi connectivity index (χ0v) is 11.0. The van der Waals surface area contributed by atoms with Crippen molar-refractivity contribution in [3.8, 4) is 0 Å². The van der Waals surface area contributed by atoms with Gasteiger partial charge >= 0.3 is 11.9 Å². The van der Waals surface area contributed by atoms with Crippen molar-refractivity contribution in [1.29, 1.82) is 0 Å². The maximum absolute atomic E-state index is 11.3. The fourth-order valence-electron chi connectivity index (χ4n) is 1.77. The zero-order valence-electron chi connectivity index (χ0n) is 7.81. The van der Waals surface area contributed by atoms with E-state index in [4.69, 9.17) is 0 Å². The van der Waals surface area contributed by atoms with Gasteiger partial charge in [-0.2, -0.15) is 0 Å². The van der Waals surface area contributed by atoms with E-state index in [1.165, 1.54) is 0 Å². The predicted octanol–water partition coefficient (Wildman–Crippen LogP) is 2.25. The molecule has 0 N–H and O–H groups in total. The monoisotopic (exact) mass is 334 g/mol. The Balaban J connectivity index is 2.34. The highest BCUT2D eigenvalue weighted by Crippen LogP contribution is 2.36. The van der Waals surface area contributed by atoms with Gasteiger partial charge < -0.3 is 4.74 Å². The molecule has 0 amide bonds. The van der Waals surface area contributed by atoms with Crippen molar-refractivity contribution in [2.24, 2.45) is 0 Å². The normalized spacial score (nSPS) is 20.9. The third-order valence-electron chi connectivity index (χ3n) is 2.65. The molecular formula is C10H8Br2O3. The van der Waals surface area contributed by atoms with Crippen LogP contribution < -0.4 is 0 Å². The Hall–Kier alpha value is -0.420. The van der Waals surface area contributed by atoms with Crippen molar-refractivity contribution in [3.63, 3.8) is 0 Å². The molecule has 0 saturated carbocycles.